The van der Waals surface area contributed by atoms with Crippen molar-refractivity contribution < 1.29 is 44.6 Å². The average molecular weight is 740 g/mol. The minimum atomic E-state index is -0.658. The summed E-state index contributed by atoms with van der Waals surface area (Å²) in [7, 11) is 0. The van der Waals surface area contributed by atoms with E-state index in [2.05, 4.69) is 57.1 Å². The zero-order valence-electron chi connectivity index (χ0n) is 21.3. The SMILES string of the molecule is [CH2-]CN(C[CH2-])c1ccc(N2CCOCC2)cc1Nc1c(C)c(-c2cc(F)cc(F)c2)nc2ncccc12.[U+2]. The molecule has 1 aliphatic rings. The summed E-state index contributed by atoms with van der Waals surface area (Å²) in [5.41, 5.74) is 5.71. The molecule has 194 valence electrons. The van der Waals surface area contributed by atoms with Gasteiger partial charge in [-0.1, -0.05) is 0 Å². The maximum atomic E-state index is 14.1. The summed E-state index contributed by atoms with van der Waals surface area (Å²) in [5, 5.41) is 4.43. The quantitative estimate of drug-likeness (QED) is 0.237. The molecule has 0 bridgehead atoms. The molecule has 9 heteroatoms. The van der Waals surface area contributed by atoms with Crippen molar-refractivity contribution in [2.24, 2.45) is 0 Å². The van der Waals surface area contributed by atoms with Gasteiger partial charge in [0.15, 0.2) is 5.65 Å². The first kappa shape index (κ1) is 28.3. The molecule has 0 radical (unpaired) electrons. The molecule has 0 saturated carbocycles. The number of hydrogen-bond acceptors (Lipinski definition) is 6. The van der Waals surface area contributed by atoms with Gasteiger partial charge in [-0.25, -0.2) is 18.7 Å². The number of ether oxygens (including phenoxy) is 1. The molecule has 0 aliphatic carbocycles. The summed E-state index contributed by atoms with van der Waals surface area (Å²) in [6, 6.07) is 13.5. The summed E-state index contributed by atoms with van der Waals surface area (Å²) in [5.74, 6) is -1.32. The average Bonchev–Trinajstić information content (AvgIpc) is 2.91. The number of morpholine rings is 1. The minimum Gasteiger partial charge on any atom is -0.430 e. The van der Waals surface area contributed by atoms with Gasteiger partial charge in [0.25, 0.3) is 0 Å². The Labute approximate surface area is 245 Å². The molecule has 6 nitrogen and oxygen atoms in total. The Morgan fingerprint density at radius 2 is 1.74 bits per heavy atom. The number of fused-ring (bicyclic) bond motifs is 1. The first-order valence-corrected chi connectivity index (χ1v) is 12.3. The summed E-state index contributed by atoms with van der Waals surface area (Å²) in [6.07, 6.45) is 1.65. The van der Waals surface area contributed by atoms with Crippen molar-refractivity contribution in [2.75, 3.05) is 54.5 Å². The van der Waals surface area contributed by atoms with Crippen molar-refractivity contribution in [1.29, 1.82) is 0 Å². The molecule has 2 aromatic carbocycles. The third-order valence-corrected chi connectivity index (χ3v) is 6.64. The summed E-state index contributed by atoms with van der Waals surface area (Å²) in [6.45, 7) is 14.1. The number of nitrogens with zero attached hydrogens (tertiary/aromatic N) is 4. The van der Waals surface area contributed by atoms with Crippen LogP contribution in [-0.2, 0) is 4.74 Å². The van der Waals surface area contributed by atoms with Gasteiger partial charge in [0.1, 0.15) is 11.6 Å². The van der Waals surface area contributed by atoms with Crippen LogP contribution in [0.25, 0.3) is 22.3 Å². The maximum absolute atomic E-state index is 14.1. The molecule has 1 N–H and O–H groups in total. The van der Waals surface area contributed by atoms with Gasteiger partial charge in [0, 0.05) is 42.0 Å². The molecule has 0 unspecified atom stereocenters. The maximum Gasteiger partial charge on any atom is 2.00 e. The third-order valence-electron chi connectivity index (χ3n) is 6.64. The first-order valence-electron chi connectivity index (χ1n) is 12.3. The number of anilines is 4. The second kappa shape index (κ2) is 12.4. The molecule has 2 aromatic heterocycles. The second-order valence-electron chi connectivity index (χ2n) is 8.91. The molecule has 38 heavy (non-hydrogen) atoms. The second-order valence-corrected chi connectivity index (χ2v) is 8.91. The predicted molar refractivity (Wildman–Crippen MR) is 145 cm³/mol. The zero-order chi connectivity index (χ0) is 25.9. The third kappa shape index (κ3) is 5.80. The Morgan fingerprint density at radius 1 is 1.03 bits per heavy atom. The molecule has 4 aromatic rings. The molecule has 1 fully saturated rings. The number of rotatable bonds is 7. The molecule has 1 aliphatic heterocycles. The molecule has 0 amide bonds. The monoisotopic (exact) mass is 739 g/mol. The zero-order valence-corrected chi connectivity index (χ0v) is 25.5. The molecule has 1 saturated heterocycles. The van der Waals surface area contributed by atoms with E-state index >= 15 is 0 Å². The Balaban J connectivity index is 0.00000336. The van der Waals surface area contributed by atoms with Gasteiger partial charge < -0.3 is 33.7 Å². The number of benzene rings is 2. The van der Waals surface area contributed by atoms with E-state index in [0.29, 0.717) is 43.2 Å². The van der Waals surface area contributed by atoms with Crippen LogP contribution < -0.4 is 15.1 Å². The fraction of sp³-hybridized carbons (Fsp3) is 0.241. The van der Waals surface area contributed by atoms with Crippen molar-refractivity contribution in [3.63, 3.8) is 0 Å². The van der Waals surface area contributed by atoms with E-state index in [9.17, 15) is 8.78 Å². The van der Waals surface area contributed by atoms with Gasteiger partial charge in [-0.2, -0.15) is 0 Å². The van der Waals surface area contributed by atoms with E-state index in [0.717, 1.165) is 52.9 Å². The summed E-state index contributed by atoms with van der Waals surface area (Å²) < 4.78 is 33.8. The Kier molecular flexibility index (Phi) is 9.24. The van der Waals surface area contributed by atoms with Gasteiger partial charge in [0.05, 0.1) is 36.0 Å². The fourth-order valence-electron chi connectivity index (χ4n) is 4.73. The normalized spacial score (nSPS) is 13.3. The van der Waals surface area contributed by atoms with Crippen LogP contribution >= 0.6 is 0 Å². The van der Waals surface area contributed by atoms with Gasteiger partial charge in [-0.15, -0.1) is 13.1 Å². The van der Waals surface area contributed by atoms with Crippen LogP contribution in [-0.4, -0.2) is 49.4 Å². The van der Waals surface area contributed by atoms with Crippen molar-refractivity contribution in [3.8, 4) is 11.3 Å². The topological polar surface area (TPSA) is 53.5 Å². The van der Waals surface area contributed by atoms with Gasteiger partial charge >= 0.3 is 31.1 Å². The van der Waals surface area contributed by atoms with Crippen molar-refractivity contribution in [3.05, 3.63) is 85.8 Å². The molecular formula is C29H29F2N5OU. The van der Waals surface area contributed by atoms with Crippen LogP contribution in [0.2, 0.25) is 0 Å². The molecule has 5 rings (SSSR count). The number of pyridine rings is 2. The van der Waals surface area contributed by atoms with Gasteiger partial charge in [0.2, 0.25) is 0 Å². The van der Waals surface area contributed by atoms with Crippen molar-refractivity contribution >= 4 is 33.8 Å². The molecule has 3 heterocycles. The predicted octanol–water partition coefficient (Wildman–Crippen LogP) is 5.94. The van der Waals surface area contributed by atoms with E-state index in [1.54, 1.807) is 6.20 Å². The molecule has 0 atom stereocenters. The van der Waals surface area contributed by atoms with Gasteiger partial charge in [-0.05, 0) is 55.0 Å². The van der Waals surface area contributed by atoms with Crippen LogP contribution in [0.4, 0.5) is 31.5 Å². The molecule has 0 spiro atoms. The number of halogens is 2. The standard InChI is InChI=1S/C29H29F2N5O.U/c1-4-35(5-2)26-9-8-23(36-11-13-37-14-12-36)18-25(26)33-28-19(3)27(20-15-21(30)17-22(31)16-20)34-29-24(28)7-6-10-32-29;/h6-10,15-18H,1-2,4-5,11-14H2,3H3,(H,32,33,34);/q-2;+2. The van der Waals surface area contributed by atoms with Crippen LogP contribution in [0.3, 0.4) is 0 Å². The van der Waals surface area contributed by atoms with Crippen LogP contribution in [0.5, 0.6) is 0 Å². The number of aromatic nitrogens is 2. The van der Waals surface area contributed by atoms with Crippen LogP contribution in [0, 0.1) is 63.5 Å². The van der Waals surface area contributed by atoms with Crippen molar-refractivity contribution in [1.82, 2.24) is 9.97 Å². The van der Waals surface area contributed by atoms with E-state index in [1.165, 1.54) is 12.1 Å². The van der Waals surface area contributed by atoms with Crippen molar-refractivity contribution in [2.45, 2.75) is 6.92 Å². The van der Waals surface area contributed by atoms with Gasteiger partial charge in [-0.3, -0.25) is 0 Å². The molecular weight excluding hydrogens is 710 g/mol. The van der Waals surface area contributed by atoms with E-state index in [4.69, 9.17) is 4.74 Å². The van der Waals surface area contributed by atoms with E-state index < -0.39 is 11.6 Å². The number of hydrogen-bond donors (Lipinski definition) is 1. The fourth-order valence-corrected chi connectivity index (χ4v) is 4.73. The smallest absolute Gasteiger partial charge is 0.430 e. The van der Waals surface area contributed by atoms with E-state index in [1.807, 2.05) is 19.1 Å². The number of nitrogens with one attached hydrogen (secondary N) is 1. The Morgan fingerprint density at radius 3 is 2.42 bits per heavy atom. The van der Waals surface area contributed by atoms with Crippen LogP contribution in [0.15, 0.2) is 54.7 Å². The Bertz CT molecular complexity index is 1400. The van der Waals surface area contributed by atoms with Crippen LogP contribution in [0.1, 0.15) is 5.56 Å². The van der Waals surface area contributed by atoms with E-state index in [-0.39, 0.29) is 31.1 Å². The summed E-state index contributed by atoms with van der Waals surface area (Å²) >= 11 is 0. The summed E-state index contributed by atoms with van der Waals surface area (Å²) in [4.78, 5) is 13.5. The Hall–Kier alpha value is -2.73. The largest absolute Gasteiger partial charge is 2.00 e. The first-order chi connectivity index (χ1) is 18.0. The minimum absolute atomic E-state index is 0.